The van der Waals surface area contributed by atoms with Gasteiger partial charge in [-0.1, -0.05) is 50.2 Å². The fourth-order valence-electron chi connectivity index (χ4n) is 3.15. The number of hydrogen-bond acceptors (Lipinski definition) is 3. The van der Waals surface area contributed by atoms with Crippen LogP contribution in [-0.4, -0.2) is 35.3 Å². The molecule has 0 radical (unpaired) electrons. The van der Waals surface area contributed by atoms with Crippen LogP contribution in [0.5, 0.6) is 0 Å². The molecule has 2 N–H and O–H groups in total. The van der Waals surface area contributed by atoms with Gasteiger partial charge in [-0.3, -0.25) is 14.5 Å². The smallest absolute Gasteiger partial charge is 0.325 e. The molecule has 0 aromatic heterocycles. The summed E-state index contributed by atoms with van der Waals surface area (Å²) < 4.78 is 0. The number of nitrogens with zero attached hydrogens (tertiary/aromatic N) is 1. The summed E-state index contributed by atoms with van der Waals surface area (Å²) in [4.78, 5) is 38.6. The third kappa shape index (κ3) is 3.52. The predicted octanol–water partition coefficient (Wildman–Crippen LogP) is 2.77. The Bertz CT molecular complexity index is 908. The Morgan fingerprint density at radius 1 is 1.11 bits per heavy atom. The molecule has 0 bridgehead atoms. The number of fused-ring (bicyclic) bond motifs is 1. The first kappa shape index (κ1) is 18.9. The molecule has 6 nitrogen and oxygen atoms in total. The van der Waals surface area contributed by atoms with Crippen molar-refractivity contribution in [3.05, 3.63) is 48.0 Å². The zero-order chi connectivity index (χ0) is 19.8. The summed E-state index contributed by atoms with van der Waals surface area (Å²) in [6.45, 7) is 7.27. The minimum absolute atomic E-state index is 0.0369. The summed E-state index contributed by atoms with van der Waals surface area (Å²) in [6, 6.07) is 12.9. The maximum Gasteiger partial charge on any atom is 0.325 e. The van der Waals surface area contributed by atoms with Crippen LogP contribution < -0.4 is 10.6 Å². The normalized spacial score (nSPS) is 20.9. The second kappa shape index (κ2) is 7.02. The van der Waals surface area contributed by atoms with Crippen LogP contribution in [0.15, 0.2) is 42.5 Å². The van der Waals surface area contributed by atoms with E-state index in [9.17, 15) is 14.4 Å². The highest BCUT2D eigenvalue weighted by Gasteiger charge is 2.49. The Balaban J connectivity index is 1.82. The van der Waals surface area contributed by atoms with Crippen molar-refractivity contribution in [2.24, 2.45) is 5.92 Å². The van der Waals surface area contributed by atoms with Crippen molar-refractivity contribution in [3.8, 4) is 0 Å². The lowest BCUT2D eigenvalue weighted by Gasteiger charge is -2.23. The molecule has 1 aliphatic heterocycles. The van der Waals surface area contributed by atoms with Gasteiger partial charge in [-0.25, -0.2) is 4.79 Å². The van der Waals surface area contributed by atoms with Crippen LogP contribution in [0, 0.1) is 5.92 Å². The van der Waals surface area contributed by atoms with Crippen molar-refractivity contribution < 1.29 is 14.4 Å². The van der Waals surface area contributed by atoms with Gasteiger partial charge in [-0.2, -0.15) is 0 Å². The van der Waals surface area contributed by atoms with Crippen LogP contribution in [-0.2, 0) is 15.1 Å². The Morgan fingerprint density at radius 2 is 1.78 bits per heavy atom. The average Bonchev–Trinajstić information content (AvgIpc) is 2.85. The van der Waals surface area contributed by atoms with Crippen molar-refractivity contribution in [1.29, 1.82) is 0 Å². The molecule has 0 spiro atoms. The molecule has 0 aliphatic carbocycles. The summed E-state index contributed by atoms with van der Waals surface area (Å²) >= 11 is 0. The first-order valence-corrected chi connectivity index (χ1v) is 9.15. The first-order chi connectivity index (χ1) is 12.7. The summed E-state index contributed by atoms with van der Waals surface area (Å²) in [7, 11) is 0. The van der Waals surface area contributed by atoms with Crippen LogP contribution in [0.2, 0.25) is 0 Å². The number of imide groups is 1. The monoisotopic (exact) mass is 367 g/mol. The van der Waals surface area contributed by atoms with Gasteiger partial charge >= 0.3 is 6.03 Å². The van der Waals surface area contributed by atoms with E-state index in [1.54, 1.807) is 6.92 Å². The minimum Gasteiger partial charge on any atom is -0.352 e. The van der Waals surface area contributed by atoms with Gasteiger partial charge in [0.2, 0.25) is 5.91 Å². The number of amides is 4. The standard InChI is InChI=1S/C21H25N3O3/c1-13(2)14(3)22-18(25)12-24-19(26)21(4,23-20(24)27)17-10-9-15-7-5-6-8-16(15)11-17/h5-11,13-14H,12H2,1-4H3,(H,22,25)(H,23,27)/t14-,21+/m0/s1. The maximum absolute atomic E-state index is 13.0. The molecular weight excluding hydrogens is 342 g/mol. The number of hydrogen-bond donors (Lipinski definition) is 2. The van der Waals surface area contributed by atoms with Crippen LogP contribution in [0.1, 0.15) is 33.3 Å². The molecule has 0 saturated carbocycles. The van der Waals surface area contributed by atoms with Gasteiger partial charge in [0.25, 0.3) is 5.91 Å². The van der Waals surface area contributed by atoms with E-state index < -0.39 is 17.5 Å². The molecule has 1 saturated heterocycles. The van der Waals surface area contributed by atoms with Crippen molar-refractivity contribution in [1.82, 2.24) is 15.5 Å². The van der Waals surface area contributed by atoms with Gasteiger partial charge in [0.15, 0.2) is 0 Å². The molecule has 4 amide bonds. The number of nitrogens with one attached hydrogen (secondary N) is 2. The quantitative estimate of drug-likeness (QED) is 0.798. The highest BCUT2D eigenvalue weighted by atomic mass is 16.2. The predicted molar refractivity (Wildman–Crippen MR) is 104 cm³/mol. The lowest BCUT2D eigenvalue weighted by atomic mass is 9.90. The minimum atomic E-state index is -1.19. The van der Waals surface area contributed by atoms with Crippen LogP contribution in [0.4, 0.5) is 4.79 Å². The number of carbonyl (C=O) groups excluding carboxylic acids is 3. The summed E-state index contributed by atoms with van der Waals surface area (Å²) in [5.41, 5.74) is -0.497. The second-order valence-electron chi connectivity index (χ2n) is 7.61. The summed E-state index contributed by atoms with van der Waals surface area (Å²) in [6.07, 6.45) is 0. The molecule has 27 heavy (non-hydrogen) atoms. The Labute approximate surface area is 158 Å². The van der Waals surface area contributed by atoms with Gasteiger partial charge < -0.3 is 10.6 Å². The van der Waals surface area contributed by atoms with Crippen molar-refractivity contribution in [2.45, 2.75) is 39.3 Å². The topological polar surface area (TPSA) is 78.5 Å². The van der Waals surface area contributed by atoms with Crippen molar-refractivity contribution in [3.63, 3.8) is 0 Å². The van der Waals surface area contributed by atoms with Crippen LogP contribution in [0.25, 0.3) is 10.8 Å². The number of carbonyl (C=O) groups is 3. The Kier molecular flexibility index (Phi) is 4.91. The van der Waals surface area contributed by atoms with Crippen LogP contribution in [0.3, 0.4) is 0 Å². The van der Waals surface area contributed by atoms with E-state index >= 15 is 0 Å². The van der Waals surface area contributed by atoms with Gasteiger partial charge in [-0.15, -0.1) is 0 Å². The Morgan fingerprint density at radius 3 is 2.44 bits per heavy atom. The fraction of sp³-hybridized carbons (Fsp3) is 0.381. The molecule has 1 heterocycles. The molecule has 1 fully saturated rings. The van der Waals surface area contributed by atoms with Gasteiger partial charge in [0.05, 0.1) is 0 Å². The third-order valence-corrected chi connectivity index (χ3v) is 5.29. The van der Waals surface area contributed by atoms with E-state index in [2.05, 4.69) is 10.6 Å². The number of urea groups is 1. The van der Waals surface area contributed by atoms with Crippen molar-refractivity contribution >= 4 is 28.6 Å². The molecule has 1 aliphatic rings. The van der Waals surface area contributed by atoms with Gasteiger partial charge in [0.1, 0.15) is 12.1 Å². The van der Waals surface area contributed by atoms with E-state index in [0.29, 0.717) is 5.56 Å². The maximum atomic E-state index is 13.0. The number of benzene rings is 2. The lowest BCUT2D eigenvalue weighted by molar-refractivity contribution is -0.135. The van der Waals surface area contributed by atoms with Gasteiger partial charge in [0, 0.05) is 6.04 Å². The molecule has 2 aromatic rings. The molecular formula is C21H25N3O3. The Hall–Kier alpha value is -2.89. The largest absolute Gasteiger partial charge is 0.352 e. The molecule has 3 rings (SSSR count). The fourth-order valence-corrected chi connectivity index (χ4v) is 3.15. The average molecular weight is 367 g/mol. The first-order valence-electron chi connectivity index (χ1n) is 9.15. The second-order valence-corrected chi connectivity index (χ2v) is 7.61. The van der Waals surface area contributed by atoms with E-state index in [0.717, 1.165) is 15.7 Å². The zero-order valence-corrected chi connectivity index (χ0v) is 16.1. The van der Waals surface area contributed by atoms with Crippen molar-refractivity contribution in [2.75, 3.05) is 6.54 Å². The van der Waals surface area contributed by atoms with E-state index in [1.807, 2.05) is 63.2 Å². The molecule has 2 aromatic carbocycles. The van der Waals surface area contributed by atoms with Gasteiger partial charge in [-0.05, 0) is 42.2 Å². The third-order valence-electron chi connectivity index (χ3n) is 5.29. The molecule has 6 heteroatoms. The number of rotatable bonds is 5. The zero-order valence-electron chi connectivity index (χ0n) is 16.1. The van der Waals surface area contributed by atoms with Crippen LogP contribution >= 0.6 is 0 Å². The van der Waals surface area contributed by atoms with E-state index in [4.69, 9.17) is 0 Å². The SMILES string of the molecule is CC(C)[C@H](C)NC(=O)CN1C(=O)N[C@](C)(c2ccc3ccccc3c2)C1=O. The highest BCUT2D eigenvalue weighted by molar-refractivity contribution is 6.09. The summed E-state index contributed by atoms with van der Waals surface area (Å²) in [5, 5.41) is 7.62. The highest BCUT2D eigenvalue weighted by Crippen LogP contribution is 2.30. The lowest BCUT2D eigenvalue weighted by Crippen LogP contribution is -2.46. The molecule has 2 atom stereocenters. The van der Waals surface area contributed by atoms with E-state index in [-0.39, 0.29) is 24.4 Å². The molecule has 0 unspecified atom stereocenters. The molecule has 142 valence electrons. The summed E-state index contributed by atoms with van der Waals surface area (Å²) in [5.74, 6) is -0.502. The van der Waals surface area contributed by atoms with E-state index in [1.165, 1.54) is 0 Å².